The Kier molecular flexibility index (Phi) is 5.98. The summed E-state index contributed by atoms with van der Waals surface area (Å²) < 4.78 is 5.11. The van der Waals surface area contributed by atoms with Crippen LogP contribution in [0.25, 0.3) is 0 Å². The second kappa shape index (κ2) is 7.01. The molecular weight excluding hydrogens is 268 g/mol. The van der Waals surface area contributed by atoms with E-state index in [0.717, 1.165) is 23.0 Å². The van der Waals surface area contributed by atoms with Crippen LogP contribution in [0.3, 0.4) is 0 Å². The van der Waals surface area contributed by atoms with E-state index in [-0.39, 0.29) is 5.78 Å². The first-order chi connectivity index (χ1) is 8.56. The van der Waals surface area contributed by atoms with Crippen LogP contribution in [0.5, 0.6) is 0 Å². The van der Waals surface area contributed by atoms with Crippen molar-refractivity contribution in [3.05, 3.63) is 4.88 Å². The smallest absolute Gasteiger partial charge is 0.171 e. The van der Waals surface area contributed by atoms with Crippen molar-refractivity contribution in [2.45, 2.75) is 18.7 Å². The molecular formula is C12H20N2O2S2. The molecule has 18 heavy (non-hydrogen) atoms. The van der Waals surface area contributed by atoms with Gasteiger partial charge in [-0.25, -0.2) is 0 Å². The standard InChI is InChI=1S/C12H20N2O2S2/c1-5-14(6-7-16-3)12-11(17-4)9(13)10(18-12)8(2)15/h5-7,13H2,1-4H3. The average Bonchev–Trinajstić information content (AvgIpc) is 2.67. The molecule has 0 amide bonds. The lowest BCUT2D eigenvalue weighted by molar-refractivity contribution is 0.102. The van der Waals surface area contributed by atoms with Crippen molar-refractivity contribution < 1.29 is 9.53 Å². The highest BCUT2D eigenvalue weighted by atomic mass is 32.2. The highest BCUT2D eigenvalue weighted by molar-refractivity contribution is 7.99. The monoisotopic (exact) mass is 288 g/mol. The summed E-state index contributed by atoms with van der Waals surface area (Å²) in [4.78, 5) is 15.4. The van der Waals surface area contributed by atoms with Crippen molar-refractivity contribution in [3.63, 3.8) is 0 Å². The average molecular weight is 288 g/mol. The fraction of sp³-hybridized carbons (Fsp3) is 0.583. The molecule has 102 valence electrons. The van der Waals surface area contributed by atoms with Gasteiger partial charge in [-0.15, -0.1) is 23.1 Å². The van der Waals surface area contributed by atoms with Crippen molar-refractivity contribution in [2.75, 3.05) is 43.7 Å². The van der Waals surface area contributed by atoms with Gasteiger partial charge in [0.05, 0.1) is 22.1 Å². The Labute approximate surface area is 116 Å². The topological polar surface area (TPSA) is 55.6 Å². The van der Waals surface area contributed by atoms with E-state index >= 15 is 0 Å². The van der Waals surface area contributed by atoms with Crippen LogP contribution >= 0.6 is 23.1 Å². The number of nitrogen functional groups attached to an aromatic ring is 1. The van der Waals surface area contributed by atoms with Crippen molar-refractivity contribution in [2.24, 2.45) is 0 Å². The molecule has 0 radical (unpaired) electrons. The van der Waals surface area contributed by atoms with Gasteiger partial charge in [0, 0.05) is 27.1 Å². The van der Waals surface area contributed by atoms with Gasteiger partial charge in [0.15, 0.2) is 5.78 Å². The van der Waals surface area contributed by atoms with E-state index in [1.54, 1.807) is 25.8 Å². The number of Topliss-reactive ketones (excluding diaryl/α,β-unsaturated/α-hetero) is 1. The molecule has 2 N–H and O–H groups in total. The van der Waals surface area contributed by atoms with Gasteiger partial charge >= 0.3 is 0 Å². The van der Waals surface area contributed by atoms with E-state index in [4.69, 9.17) is 10.5 Å². The molecule has 0 aromatic carbocycles. The number of thioether (sulfide) groups is 1. The van der Waals surface area contributed by atoms with Crippen LogP contribution < -0.4 is 10.6 Å². The first-order valence-corrected chi connectivity index (χ1v) is 7.81. The molecule has 1 rings (SSSR count). The third kappa shape index (κ3) is 3.18. The molecule has 0 saturated heterocycles. The van der Waals surface area contributed by atoms with E-state index in [1.165, 1.54) is 11.3 Å². The zero-order valence-electron chi connectivity index (χ0n) is 11.3. The number of thiophene rings is 1. The maximum atomic E-state index is 11.6. The maximum Gasteiger partial charge on any atom is 0.171 e. The second-order valence-corrected chi connectivity index (χ2v) is 5.63. The summed E-state index contributed by atoms with van der Waals surface area (Å²) in [6, 6.07) is 0. The number of nitrogens with zero attached hydrogens (tertiary/aromatic N) is 1. The van der Waals surface area contributed by atoms with Crippen molar-refractivity contribution >= 4 is 39.6 Å². The number of rotatable bonds is 7. The Bertz CT molecular complexity index is 418. The summed E-state index contributed by atoms with van der Waals surface area (Å²) in [7, 11) is 1.69. The Hall–Kier alpha value is -0.720. The summed E-state index contributed by atoms with van der Waals surface area (Å²) >= 11 is 3.07. The number of anilines is 2. The van der Waals surface area contributed by atoms with Crippen LogP contribution in [0, 0.1) is 0 Å². The first kappa shape index (κ1) is 15.3. The minimum absolute atomic E-state index is 0.0295. The number of carbonyl (C=O) groups is 1. The summed E-state index contributed by atoms with van der Waals surface area (Å²) in [6.07, 6.45) is 1.98. The highest BCUT2D eigenvalue weighted by Crippen LogP contribution is 2.43. The normalized spacial score (nSPS) is 10.7. The second-order valence-electron chi connectivity index (χ2n) is 3.81. The Balaban J connectivity index is 3.12. The van der Waals surface area contributed by atoms with Gasteiger partial charge in [0.1, 0.15) is 5.00 Å². The Morgan fingerprint density at radius 3 is 2.67 bits per heavy atom. The van der Waals surface area contributed by atoms with Gasteiger partial charge in [0.25, 0.3) is 0 Å². The fourth-order valence-electron chi connectivity index (χ4n) is 1.69. The van der Waals surface area contributed by atoms with Crippen LogP contribution in [0.4, 0.5) is 10.7 Å². The third-order valence-electron chi connectivity index (χ3n) is 2.64. The largest absolute Gasteiger partial charge is 0.396 e. The van der Waals surface area contributed by atoms with Gasteiger partial charge < -0.3 is 15.4 Å². The molecule has 1 heterocycles. The summed E-state index contributed by atoms with van der Waals surface area (Å²) in [5.74, 6) is 0.0295. The predicted octanol–water partition coefficient (Wildman–Crippen LogP) is 2.73. The molecule has 0 aliphatic carbocycles. The predicted molar refractivity (Wildman–Crippen MR) is 80.3 cm³/mol. The van der Waals surface area contributed by atoms with E-state index < -0.39 is 0 Å². The minimum atomic E-state index is 0.0295. The van der Waals surface area contributed by atoms with Crippen molar-refractivity contribution in [1.82, 2.24) is 0 Å². The molecule has 1 aromatic rings. The van der Waals surface area contributed by atoms with Crippen LogP contribution in [-0.4, -0.2) is 38.8 Å². The zero-order chi connectivity index (χ0) is 13.7. The van der Waals surface area contributed by atoms with Gasteiger partial charge in [-0.1, -0.05) is 0 Å². The highest BCUT2D eigenvalue weighted by Gasteiger charge is 2.21. The van der Waals surface area contributed by atoms with Crippen LogP contribution in [-0.2, 0) is 4.74 Å². The van der Waals surface area contributed by atoms with Gasteiger partial charge in [-0.05, 0) is 13.2 Å². The lowest BCUT2D eigenvalue weighted by Gasteiger charge is -2.22. The summed E-state index contributed by atoms with van der Waals surface area (Å²) in [5, 5.41) is 1.07. The fourth-order valence-corrected chi connectivity index (χ4v) is 3.85. The van der Waals surface area contributed by atoms with Gasteiger partial charge in [-0.3, -0.25) is 4.79 Å². The van der Waals surface area contributed by atoms with E-state index in [9.17, 15) is 4.79 Å². The van der Waals surface area contributed by atoms with Gasteiger partial charge in [-0.2, -0.15) is 0 Å². The van der Waals surface area contributed by atoms with Crippen LogP contribution in [0.2, 0.25) is 0 Å². The number of likely N-dealkylation sites (N-methyl/N-ethyl adjacent to an activating group) is 1. The van der Waals surface area contributed by atoms with E-state index in [2.05, 4.69) is 11.8 Å². The molecule has 1 aromatic heterocycles. The lowest BCUT2D eigenvalue weighted by Crippen LogP contribution is -2.26. The maximum absolute atomic E-state index is 11.6. The summed E-state index contributed by atoms with van der Waals surface area (Å²) in [6.45, 7) is 5.98. The number of methoxy groups -OCH3 is 1. The molecule has 0 aliphatic heterocycles. The molecule has 0 aliphatic rings. The van der Waals surface area contributed by atoms with Crippen LogP contribution in [0.1, 0.15) is 23.5 Å². The molecule has 0 spiro atoms. The minimum Gasteiger partial charge on any atom is -0.396 e. The van der Waals surface area contributed by atoms with Crippen molar-refractivity contribution in [3.8, 4) is 0 Å². The third-order valence-corrected chi connectivity index (χ3v) is 4.96. The number of ether oxygens (including phenoxy) is 1. The molecule has 0 fully saturated rings. The Morgan fingerprint density at radius 1 is 1.56 bits per heavy atom. The molecule has 0 atom stereocenters. The SMILES string of the molecule is CCN(CCOC)c1sc(C(C)=O)c(N)c1SC. The molecule has 0 bridgehead atoms. The molecule has 4 nitrogen and oxygen atoms in total. The summed E-state index contributed by atoms with van der Waals surface area (Å²) in [5.41, 5.74) is 6.66. The number of carbonyl (C=O) groups excluding carboxylic acids is 1. The quantitative estimate of drug-likeness (QED) is 0.617. The van der Waals surface area contributed by atoms with E-state index in [0.29, 0.717) is 17.2 Å². The molecule has 6 heteroatoms. The number of hydrogen-bond donors (Lipinski definition) is 1. The van der Waals surface area contributed by atoms with Crippen molar-refractivity contribution in [1.29, 1.82) is 0 Å². The van der Waals surface area contributed by atoms with Crippen LogP contribution in [0.15, 0.2) is 4.90 Å². The number of nitrogens with two attached hydrogens (primary N) is 1. The van der Waals surface area contributed by atoms with E-state index in [1.807, 2.05) is 6.26 Å². The van der Waals surface area contributed by atoms with Gasteiger partial charge in [0.2, 0.25) is 0 Å². The Morgan fingerprint density at radius 2 is 2.22 bits per heavy atom. The number of ketones is 1. The number of hydrogen-bond acceptors (Lipinski definition) is 6. The molecule has 0 unspecified atom stereocenters. The first-order valence-electron chi connectivity index (χ1n) is 5.77. The zero-order valence-corrected chi connectivity index (χ0v) is 12.9. The molecule has 0 saturated carbocycles. The lowest BCUT2D eigenvalue weighted by atomic mass is 10.3.